The summed E-state index contributed by atoms with van der Waals surface area (Å²) in [5.74, 6) is -0.0732. The summed E-state index contributed by atoms with van der Waals surface area (Å²) in [5.41, 5.74) is 4.26. The Hall–Kier alpha value is -3.39. The molecule has 1 aromatic heterocycles. The first-order valence-corrected chi connectivity index (χ1v) is 11.6. The minimum absolute atomic E-state index is 0.0732. The third-order valence-corrected chi connectivity index (χ3v) is 8.07. The molecule has 34 heavy (non-hydrogen) atoms. The molecule has 0 aliphatic carbocycles. The van der Waals surface area contributed by atoms with Crippen LogP contribution in [0, 0.1) is 6.92 Å². The molecule has 0 radical (unpaired) electrons. The predicted molar refractivity (Wildman–Crippen MR) is 130 cm³/mol. The third-order valence-electron chi connectivity index (χ3n) is 8.07. The first kappa shape index (κ1) is 20.0. The van der Waals surface area contributed by atoms with Crippen molar-refractivity contribution in [1.82, 2.24) is 9.88 Å². The van der Waals surface area contributed by atoms with Gasteiger partial charge in [-0.15, -0.1) is 0 Å². The number of hydrogen-bond donors (Lipinski definition) is 4. The topological polar surface area (TPSA) is 95.8 Å². The lowest BCUT2D eigenvalue weighted by molar-refractivity contribution is -0.181. The van der Waals surface area contributed by atoms with E-state index in [4.69, 9.17) is 4.74 Å². The molecule has 4 aromatic rings. The van der Waals surface area contributed by atoms with Crippen LogP contribution in [-0.2, 0) is 17.0 Å². The Bertz CT molecular complexity index is 1560. The van der Waals surface area contributed by atoms with Crippen molar-refractivity contribution in [2.24, 2.45) is 0 Å². The number of rotatable bonds is 1. The van der Waals surface area contributed by atoms with Gasteiger partial charge in [-0.25, -0.2) is 0 Å². The molecule has 3 aliphatic heterocycles. The van der Waals surface area contributed by atoms with Crippen LogP contribution < -0.4 is 10.6 Å². The number of anilines is 1. The number of para-hydroxylation sites is 2. The van der Waals surface area contributed by atoms with Crippen LogP contribution in [0.15, 0.2) is 48.5 Å². The molecule has 7 rings (SSSR count). The quantitative estimate of drug-likeness (QED) is 0.352. The summed E-state index contributed by atoms with van der Waals surface area (Å²) in [6.07, 6.45) is -0.330. The summed E-state index contributed by atoms with van der Waals surface area (Å²) < 4.78 is 8.64. The summed E-state index contributed by atoms with van der Waals surface area (Å²) in [5, 5.41) is 30.7. The summed E-state index contributed by atoms with van der Waals surface area (Å²) in [4.78, 5) is 13.2. The van der Waals surface area contributed by atoms with E-state index in [0.717, 1.165) is 49.7 Å². The van der Waals surface area contributed by atoms with E-state index in [2.05, 4.69) is 16.7 Å². The van der Waals surface area contributed by atoms with Crippen LogP contribution in [0.4, 0.5) is 5.69 Å². The van der Waals surface area contributed by atoms with Gasteiger partial charge >= 0.3 is 0 Å². The summed E-state index contributed by atoms with van der Waals surface area (Å²) in [6, 6.07) is 15.9. The van der Waals surface area contributed by atoms with Gasteiger partial charge in [-0.3, -0.25) is 4.79 Å². The number of aryl methyl sites for hydroxylation is 1. The van der Waals surface area contributed by atoms with Crippen molar-refractivity contribution in [3.05, 3.63) is 65.2 Å². The average Bonchev–Trinajstić information content (AvgIpc) is 3.45. The van der Waals surface area contributed by atoms with E-state index in [0.29, 0.717) is 12.1 Å². The van der Waals surface area contributed by atoms with E-state index in [1.807, 2.05) is 60.9 Å². The SMILES string of the molecule is Cc1c2c3c(c4c5ccccc5n(c14)C1(C)OC(CC1(O)CO)Nc1ccccc1-2)CNC3=O. The molecule has 1 amide bonds. The molecule has 172 valence electrons. The Morgan fingerprint density at radius 2 is 1.91 bits per heavy atom. The fourth-order valence-corrected chi connectivity index (χ4v) is 6.42. The molecule has 0 saturated carbocycles. The van der Waals surface area contributed by atoms with E-state index < -0.39 is 24.2 Å². The number of nitrogens with zero attached hydrogens (tertiary/aromatic N) is 1. The van der Waals surface area contributed by atoms with Crippen molar-refractivity contribution in [1.29, 1.82) is 0 Å². The summed E-state index contributed by atoms with van der Waals surface area (Å²) in [7, 11) is 0. The number of aromatic nitrogens is 1. The van der Waals surface area contributed by atoms with Gasteiger partial charge in [0, 0.05) is 40.6 Å². The maximum absolute atomic E-state index is 13.2. The highest BCUT2D eigenvalue weighted by Gasteiger charge is 2.59. The normalized spacial score (nSPS) is 27.1. The van der Waals surface area contributed by atoms with E-state index >= 15 is 0 Å². The zero-order valence-corrected chi connectivity index (χ0v) is 19.0. The molecule has 0 spiro atoms. The van der Waals surface area contributed by atoms with Crippen molar-refractivity contribution in [3.8, 4) is 11.1 Å². The molecule has 4 N–H and O–H groups in total. The van der Waals surface area contributed by atoms with Crippen LogP contribution in [-0.4, -0.2) is 39.1 Å². The Kier molecular flexibility index (Phi) is 3.76. The largest absolute Gasteiger partial charge is 0.393 e. The number of amides is 1. The van der Waals surface area contributed by atoms with Crippen molar-refractivity contribution < 1.29 is 19.7 Å². The second-order valence-electron chi connectivity index (χ2n) is 9.79. The van der Waals surface area contributed by atoms with E-state index in [1.54, 1.807) is 0 Å². The molecule has 4 heterocycles. The van der Waals surface area contributed by atoms with Gasteiger partial charge in [-0.2, -0.15) is 0 Å². The highest BCUT2D eigenvalue weighted by atomic mass is 16.6. The van der Waals surface area contributed by atoms with Gasteiger partial charge in [-0.05, 0) is 37.1 Å². The maximum atomic E-state index is 13.2. The Labute approximate surface area is 196 Å². The number of ether oxygens (including phenoxy) is 1. The fraction of sp³-hybridized carbons (Fsp3) is 0.296. The second kappa shape index (κ2) is 6.39. The number of carbonyl (C=O) groups excluding carboxylic acids is 1. The Balaban J connectivity index is 1.78. The molecular formula is C27H25N3O4. The Morgan fingerprint density at radius 3 is 2.74 bits per heavy atom. The lowest BCUT2D eigenvalue weighted by atomic mass is 9.87. The molecule has 1 fully saturated rings. The fourth-order valence-electron chi connectivity index (χ4n) is 6.42. The predicted octanol–water partition coefficient (Wildman–Crippen LogP) is 3.58. The van der Waals surface area contributed by atoms with Crippen LogP contribution in [0.25, 0.3) is 32.9 Å². The van der Waals surface area contributed by atoms with Crippen LogP contribution in [0.2, 0.25) is 0 Å². The number of nitrogens with one attached hydrogen (secondary N) is 2. The molecular weight excluding hydrogens is 430 g/mol. The molecule has 3 aliphatic rings. The molecule has 1 saturated heterocycles. The molecule has 4 bridgehead atoms. The minimum atomic E-state index is -1.53. The van der Waals surface area contributed by atoms with Gasteiger partial charge in [-0.1, -0.05) is 36.4 Å². The number of aliphatic hydroxyl groups is 2. The second-order valence-corrected chi connectivity index (χ2v) is 9.79. The highest BCUT2D eigenvalue weighted by molar-refractivity contribution is 6.19. The van der Waals surface area contributed by atoms with Crippen LogP contribution >= 0.6 is 0 Å². The van der Waals surface area contributed by atoms with Crippen molar-refractivity contribution >= 4 is 33.4 Å². The lowest BCUT2D eigenvalue weighted by Gasteiger charge is -2.39. The summed E-state index contributed by atoms with van der Waals surface area (Å²) >= 11 is 0. The number of aliphatic hydroxyl groups excluding tert-OH is 1. The number of benzene rings is 3. The van der Waals surface area contributed by atoms with Gasteiger partial charge in [0.05, 0.1) is 23.2 Å². The van der Waals surface area contributed by atoms with Gasteiger partial charge < -0.3 is 30.2 Å². The van der Waals surface area contributed by atoms with Crippen molar-refractivity contribution in [2.45, 2.75) is 44.4 Å². The zero-order chi connectivity index (χ0) is 23.4. The standard InChI is InChI=1S/C27H25N3O4/c1-14-21-15-7-3-5-9-18(15)29-20-11-27(33,13-31)26(2,34-20)30-19-10-6-4-8-16(19)22(24(14)30)17-12-28-25(32)23(17)21/h3-10,20,29,31,33H,11-13H2,1-2H3,(H,28,32). The van der Waals surface area contributed by atoms with E-state index in [9.17, 15) is 15.0 Å². The average molecular weight is 456 g/mol. The number of fused-ring (bicyclic) bond motifs is 12. The van der Waals surface area contributed by atoms with Crippen molar-refractivity contribution in [3.63, 3.8) is 0 Å². The summed E-state index contributed by atoms with van der Waals surface area (Å²) in [6.45, 7) is 3.87. The molecule has 3 atom stereocenters. The smallest absolute Gasteiger partial charge is 0.252 e. The Morgan fingerprint density at radius 1 is 1.15 bits per heavy atom. The lowest BCUT2D eigenvalue weighted by Crippen LogP contribution is -2.53. The van der Waals surface area contributed by atoms with Crippen molar-refractivity contribution in [2.75, 3.05) is 11.9 Å². The highest BCUT2D eigenvalue weighted by Crippen LogP contribution is 2.52. The molecule has 7 heteroatoms. The zero-order valence-electron chi connectivity index (χ0n) is 19.0. The molecule has 7 nitrogen and oxygen atoms in total. The van der Waals surface area contributed by atoms with Crippen LogP contribution in [0.1, 0.15) is 34.8 Å². The number of carbonyl (C=O) groups is 1. The molecule has 3 aromatic carbocycles. The van der Waals surface area contributed by atoms with Gasteiger partial charge in [0.2, 0.25) is 0 Å². The van der Waals surface area contributed by atoms with Gasteiger partial charge in [0.25, 0.3) is 5.91 Å². The molecule has 3 unspecified atom stereocenters. The maximum Gasteiger partial charge on any atom is 0.252 e. The van der Waals surface area contributed by atoms with Crippen LogP contribution in [0.3, 0.4) is 0 Å². The first-order chi connectivity index (χ1) is 16.4. The first-order valence-electron chi connectivity index (χ1n) is 11.6. The number of hydrogen-bond acceptors (Lipinski definition) is 5. The van der Waals surface area contributed by atoms with E-state index in [-0.39, 0.29) is 12.3 Å². The van der Waals surface area contributed by atoms with Crippen LogP contribution in [0.5, 0.6) is 0 Å². The van der Waals surface area contributed by atoms with E-state index in [1.165, 1.54) is 0 Å². The van der Waals surface area contributed by atoms with Gasteiger partial charge in [0.1, 0.15) is 11.8 Å². The minimum Gasteiger partial charge on any atom is -0.393 e. The van der Waals surface area contributed by atoms with Gasteiger partial charge in [0.15, 0.2) is 5.72 Å². The monoisotopic (exact) mass is 455 g/mol. The third kappa shape index (κ3) is 2.20.